The minimum Gasteiger partial charge on any atom is -0.382 e. The summed E-state index contributed by atoms with van der Waals surface area (Å²) in [5.74, 6) is 0.0614. The Bertz CT molecular complexity index is 288. The fourth-order valence-electron chi connectivity index (χ4n) is 2.50. The number of aliphatic hydroxyl groups is 1. The Labute approximate surface area is 78.0 Å². The molecule has 3 aliphatic rings. The number of ketones is 1. The van der Waals surface area contributed by atoms with E-state index in [-0.39, 0.29) is 23.5 Å². The number of rotatable bonds is 1. The minimum absolute atomic E-state index is 0.0295. The Morgan fingerprint density at radius 1 is 1.69 bits per heavy atom. The average molecular weight is 178 g/mol. The summed E-state index contributed by atoms with van der Waals surface area (Å²) in [4.78, 5) is 11.6. The number of hydrogen-bond acceptors (Lipinski definition) is 2. The van der Waals surface area contributed by atoms with Crippen LogP contribution in [0.3, 0.4) is 0 Å². The molecule has 0 spiro atoms. The molecule has 3 aliphatic carbocycles. The van der Waals surface area contributed by atoms with Gasteiger partial charge in [-0.15, -0.1) is 6.58 Å². The maximum Gasteiger partial charge on any atom is 0.171 e. The van der Waals surface area contributed by atoms with E-state index in [1.165, 1.54) is 0 Å². The highest BCUT2D eigenvalue weighted by Gasteiger charge is 2.51. The summed E-state index contributed by atoms with van der Waals surface area (Å²) in [5, 5.41) is 9.99. The van der Waals surface area contributed by atoms with Gasteiger partial charge in [-0.05, 0) is 19.3 Å². The largest absolute Gasteiger partial charge is 0.382 e. The lowest BCUT2D eigenvalue weighted by Gasteiger charge is -2.45. The highest BCUT2D eigenvalue weighted by atomic mass is 16.3. The first kappa shape index (κ1) is 8.70. The molecule has 0 aromatic heterocycles. The molecule has 2 nitrogen and oxygen atoms in total. The number of hydrogen-bond donors (Lipinski definition) is 1. The normalized spacial score (nSPS) is 48.2. The second kappa shape index (κ2) is 2.55. The van der Waals surface area contributed by atoms with Gasteiger partial charge in [0.2, 0.25) is 0 Å². The van der Waals surface area contributed by atoms with Crippen LogP contribution in [0.15, 0.2) is 24.8 Å². The van der Waals surface area contributed by atoms with E-state index in [0.717, 1.165) is 6.42 Å². The van der Waals surface area contributed by atoms with Crippen molar-refractivity contribution in [3.8, 4) is 0 Å². The number of Topliss-reactive ketones (excluding diaryl/α,β-unsaturated/α-hetero) is 1. The van der Waals surface area contributed by atoms with Crippen molar-refractivity contribution in [1.29, 1.82) is 0 Å². The third-order valence-corrected chi connectivity index (χ3v) is 3.33. The van der Waals surface area contributed by atoms with E-state index >= 15 is 0 Å². The lowest BCUT2D eigenvalue weighted by atomic mass is 9.61. The third kappa shape index (κ3) is 1.02. The zero-order chi connectivity index (χ0) is 9.64. The van der Waals surface area contributed by atoms with Crippen LogP contribution >= 0.6 is 0 Å². The molecule has 1 saturated carbocycles. The molecule has 3 rings (SSSR count). The lowest BCUT2D eigenvalue weighted by Crippen LogP contribution is -2.54. The van der Waals surface area contributed by atoms with E-state index in [1.807, 2.05) is 18.2 Å². The molecule has 0 heterocycles. The van der Waals surface area contributed by atoms with Crippen molar-refractivity contribution in [3.05, 3.63) is 24.8 Å². The van der Waals surface area contributed by atoms with Crippen LogP contribution in [0.25, 0.3) is 0 Å². The van der Waals surface area contributed by atoms with Crippen LogP contribution in [0.2, 0.25) is 0 Å². The van der Waals surface area contributed by atoms with E-state index in [1.54, 1.807) is 6.92 Å². The molecule has 0 saturated heterocycles. The van der Waals surface area contributed by atoms with Gasteiger partial charge >= 0.3 is 0 Å². The van der Waals surface area contributed by atoms with Gasteiger partial charge in [0, 0.05) is 11.8 Å². The molecule has 0 amide bonds. The molecule has 13 heavy (non-hydrogen) atoms. The highest BCUT2D eigenvalue weighted by Crippen LogP contribution is 2.44. The quantitative estimate of drug-likeness (QED) is 0.615. The summed E-state index contributed by atoms with van der Waals surface area (Å²) in [6.45, 7) is 5.35. The van der Waals surface area contributed by atoms with Gasteiger partial charge in [-0.3, -0.25) is 4.79 Å². The molecule has 1 fully saturated rings. The van der Waals surface area contributed by atoms with E-state index in [9.17, 15) is 9.90 Å². The van der Waals surface area contributed by atoms with Gasteiger partial charge in [-0.2, -0.15) is 0 Å². The van der Waals surface area contributed by atoms with Gasteiger partial charge in [-0.25, -0.2) is 0 Å². The minimum atomic E-state index is -1.17. The van der Waals surface area contributed by atoms with Crippen LogP contribution < -0.4 is 0 Å². The van der Waals surface area contributed by atoms with Crippen molar-refractivity contribution in [2.75, 3.05) is 0 Å². The van der Waals surface area contributed by atoms with Crippen molar-refractivity contribution in [2.24, 2.45) is 17.8 Å². The molecule has 4 atom stereocenters. The summed E-state index contributed by atoms with van der Waals surface area (Å²) in [7, 11) is 0. The zero-order valence-electron chi connectivity index (χ0n) is 7.73. The van der Waals surface area contributed by atoms with Gasteiger partial charge in [0.15, 0.2) is 5.78 Å². The summed E-state index contributed by atoms with van der Waals surface area (Å²) in [5.41, 5.74) is -1.17. The second-order valence-electron chi connectivity index (χ2n) is 4.16. The summed E-state index contributed by atoms with van der Waals surface area (Å²) < 4.78 is 0. The molecule has 0 radical (unpaired) electrons. The fourth-order valence-corrected chi connectivity index (χ4v) is 2.50. The standard InChI is InChI=1S/C11H14O2/c1-3-7-6-8-4-5-9(7)11(2,13)10(8)12/h3-5,7-9,13H,1,6H2,2H3. The number of allylic oxidation sites excluding steroid dienone is 2. The van der Waals surface area contributed by atoms with Crippen molar-refractivity contribution in [2.45, 2.75) is 18.9 Å². The lowest BCUT2D eigenvalue weighted by molar-refractivity contribution is -0.150. The van der Waals surface area contributed by atoms with E-state index < -0.39 is 5.60 Å². The zero-order valence-corrected chi connectivity index (χ0v) is 7.73. The Morgan fingerprint density at radius 2 is 2.38 bits per heavy atom. The monoisotopic (exact) mass is 178 g/mol. The third-order valence-electron chi connectivity index (χ3n) is 3.33. The SMILES string of the molecule is C=CC1CC2C=CC1C(C)(O)C2=O. The first-order valence-corrected chi connectivity index (χ1v) is 4.65. The van der Waals surface area contributed by atoms with Crippen molar-refractivity contribution in [3.63, 3.8) is 0 Å². The first-order chi connectivity index (χ1) is 6.07. The van der Waals surface area contributed by atoms with Crippen LogP contribution in [0, 0.1) is 17.8 Å². The highest BCUT2D eigenvalue weighted by molar-refractivity contribution is 5.93. The predicted octanol–water partition coefficient (Wildman–Crippen LogP) is 1.31. The molecule has 2 bridgehead atoms. The molecule has 0 aliphatic heterocycles. The Balaban J connectivity index is 2.42. The van der Waals surface area contributed by atoms with Gasteiger partial charge in [0.25, 0.3) is 0 Å². The van der Waals surface area contributed by atoms with Crippen LogP contribution in [-0.2, 0) is 4.79 Å². The second-order valence-corrected chi connectivity index (χ2v) is 4.16. The maximum atomic E-state index is 11.6. The van der Waals surface area contributed by atoms with E-state index in [0.29, 0.717) is 0 Å². The molecule has 2 heteroatoms. The molecular formula is C11H14O2. The van der Waals surface area contributed by atoms with E-state index in [2.05, 4.69) is 6.58 Å². The van der Waals surface area contributed by atoms with Crippen LogP contribution in [0.5, 0.6) is 0 Å². The smallest absolute Gasteiger partial charge is 0.171 e. The van der Waals surface area contributed by atoms with Crippen LogP contribution in [0.1, 0.15) is 13.3 Å². The Morgan fingerprint density at radius 3 is 2.92 bits per heavy atom. The first-order valence-electron chi connectivity index (χ1n) is 4.65. The van der Waals surface area contributed by atoms with Crippen molar-refractivity contribution >= 4 is 5.78 Å². The number of carbonyl (C=O) groups excluding carboxylic acids is 1. The fraction of sp³-hybridized carbons (Fsp3) is 0.545. The topological polar surface area (TPSA) is 37.3 Å². The Kier molecular flexibility index (Phi) is 1.70. The van der Waals surface area contributed by atoms with E-state index in [4.69, 9.17) is 0 Å². The molecule has 0 aromatic carbocycles. The molecule has 70 valence electrons. The van der Waals surface area contributed by atoms with Gasteiger partial charge in [0.1, 0.15) is 5.60 Å². The molecular weight excluding hydrogens is 164 g/mol. The maximum absolute atomic E-state index is 11.6. The molecule has 4 unspecified atom stereocenters. The van der Waals surface area contributed by atoms with Crippen LogP contribution in [-0.4, -0.2) is 16.5 Å². The van der Waals surface area contributed by atoms with Crippen LogP contribution in [0.4, 0.5) is 0 Å². The summed E-state index contributed by atoms with van der Waals surface area (Å²) in [6, 6.07) is 0. The number of carbonyl (C=O) groups is 1. The number of fused-ring (bicyclic) bond motifs is 2. The van der Waals surface area contributed by atoms with Gasteiger partial charge in [0.05, 0.1) is 0 Å². The molecule has 1 N–H and O–H groups in total. The average Bonchev–Trinajstić information content (AvgIpc) is 2.13. The summed E-state index contributed by atoms with van der Waals surface area (Å²) >= 11 is 0. The van der Waals surface area contributed by atoms with Crippen molar-refractivity contribution < 1.29 is 9.90 Å². The Hall–Kier alpha value is -0.890. The predicted molar refractivity (Wildman–Crippen MR) is 50.1 cm³/mol. The molecule has 0 aromatic rings. The summed E-state index contributed by atoms with van der Waals surface area (Å²) in [6.07, 6.45) is 6.55. The van der Waals surface area contributed by atoms with Gasteiger partial charge in [-0.1, -0.05) is 18.2 Å². The van der Waals surface area contributed by atoms with Crippen molar-refractivity contribution in [1.82, 2.24) is 0 Å². The van der Waals surface area contributed by atoms with Gasteiger partial charge < -0.3 is 5.11 Å².